The van der Waals surface area contributed by atoms with Gasteiger partial charge in [0.25, 0.3) is 5.56 Å². The molecule has 1 N–H and O–H groups in total. The lowest BCUT2D eigenvalue weighted by Gasteiger charge is -2.17. The first-order valence-corrected chi connectivity index (χ1v) is 8.87. The zero-order valence-corrected chi connectivity index (χ0v) is 14.3. The van der Waals surface area contributed by atoms with Gasteiger partial charge >= 0.3 is 0 Å². The minimum Gasteiger partial charge on any atom is -0.351 e. The first-order valence-electron chi connectivity index (χ1n) is 7.92. The first kappa shape index (κ1) is 16.4. The third-order valence-electron chi connectivity index (χ3n) is 3.96. The van der Waals surface area contributed by atoms with Gasteiger partial charge in [0.05, 0.1) is 24.5 Å². The highest BCUT2D eigenvalue weighted by Crippen LogP contribution is 2.08. The molecule has 24 heavy (non-hydrogen) atoms. The molecule has 124 valence electrons. The lowest BCUT2D eigenvalue weighted by molar-refractivity contribution is -0.121. The Morgan fingerprint density at radius 1 is 1.33 bits per heavy atom. The molecule has 0 aliphatic heterocycles. The van der Waals surface area contributed by atoms with Crippen LogP contribution in [0.15, 0.2) is 52.1 Å². The van der Waals surface area contributed by atoms with Crippen molar-refractivity contribution in [3.05, 3.63) is 63.2 Å². The van der Waals surface area contributed by atoms with Crippen LogP contribution in [0.1, 0.15) is 18.9 Å². The zero-order chi connectivity index (χ0) is 16.9. The van der Waals surface area contributed by atoms with Crippen LogP contribution >= 0.6 is 11.3 Å². The van der Waals surface area contributed by atoms with E-state index in [-0.39, 0.29) is 17.5 Å². The molecule has 3 rings (SSSR count). The molecule has 3 aromatic rings. The van der Waals surface area contributed by atoms with Gasteiger partial charge in [-0.3, -0.25) is 9.59 Å². The van der Waals surface area contributed by atoms with Crippen molar-refractivity contribution in [1.82, 2.24) is 15.1 Å². The van der Waals surface area contributed by atoms with Crippen molar-refractivity contribution in [2.45, 2.75) is 32.4 Å². The van der Waals surface area contributed by atoms with Crippen LogP contribution in [0.2, 0.25) is 0 Å². The van der Waals surface area contributed by atoms with E-state index in [1.807, 2.05) is 41.9 Å². The number of hydrogen-bond acceptors (Lipinski definition) is 4. The molecular weight excluding hydrogens is 322 g/mol. The van der Waals surface area contributed by atoms with E-state index in [0.717, 1.165) is 17.4 Å². The lowest BCUT2D eigenvalue weighted by Crippen LogP contribution is -2.41. The van der Waals surface area contributed by atoms with Crippen LogP contribution in [-0.4, -0.2) is 21.7 Å². The van der Waals surface area contributed by atoms with Gasteiger partial charge in [-0.15, -0.1) is 0 Å². The highest BCUT2D eigenvalue weighted by atomic mass is 32.1. The van der Waals surface area contributed by atoms with Crippen LogP contribution in [0.5, 0.6) is 0 Å². The van der Waals surface area contributed by atoms with E-state index in [9.17, 15) is 9.59 Å². The summed E-state index contributed by atoms with van der Waals surface area (Å²) in [5.74, 6) is -0.0333. The zero-order valence-electron chi connectivity index (χ0n) is 13.4. The second-order valence-electron chi connectivity index (χ2n) is 5.70. The van der Waals surface area contributed by atoms with Crippen LogP contribution in [0.3, 0.4) is 0 Å². The fourth-order valence-electron chi connectivity index (χ4n) is 2.60. The monoisotopic (exact) mass is 341 g/mol. The molecule has 0 saturated heterocycles. The maximum absolute atomic E-state index is 12.5. The van der Waals surface area contributed by atoms with Crippen LogP contribution in [0.4, 0.5) is 0 Å². The van der Waals surface area contributed by atoms with E-state index >= 15 is 0 Å². The van der Waals surface area contributed by atoms with E-state index in [0.29, 0.717) is 18.4 Å². The fourth-order valence-corrected chi connectivity index (χ4v) is 3.27. The summed E-state index contributed by atoms with van der Waals surface area (Å²) in [6.07, 6.45) is 2.78. The van der Waals surface area contributed by atoms with Gasteiger partial charge in [-0.25, -0.2) is 4.68 Å². The molecule has 6 heteroatoms. The molecule has 1 atom stereocenters. The number of aromatic nitrogens is 2. The maximum atomic E-state index is 12.5. The summed E-state index contributed by atoms with van der Waals surface area (Å²) in [6.45, 7) is 2.36. The Balaban J connectivity index is 1.72. The van der Waals surface area contributed by atoms with Crippen LogP contribution in [0, 0.1) is 0 Å². The average Bonchev–Trinajstić information content (AvgIpc) is 3.09. The number of fused-ring (bicyclic) bond motifs is 1. The third kappa shape index (κ3) is 3.71. The van der Waals surface area contributed by atoms with Gasteiger partial charge in [0.1, 0.15) is 0 Å². The molecule has 0 aliphatic carbocycles. The standard InChI is InChI=1S/C18H19N3O2S/c1-2-15(20-17(22)9-13-7-8-24-12-13)11-21-18(23)16-6-4-3-5-14(16)10-19-21/h3-8,10,12,15H,2,9,11H2,1H3,(H,20,22)/t15-/m0/s1. The molecule has 0 saturated carbocycles. The van der Waals surface area contributed by atoms with E-state index in [1.165, 1.54) is 4.68 Å². The molecule has 1 aromatic carbocycles. The van der Waals surface area contributed by atoms with Gasteiger partial charge in [0, 0.05) is 11.4 Å². The Bertz CT molecular complexity index is 887. The molecule has 2 aromatic heterocycles. The van der Waals surface area contributed by atoms with Crippen molar-refractivity contribution in [3.63, 3.8) is 0 Å². The van der Waals surface area contributed by atoms with Crippen molar-refractivity contribution in [3.8, 4) is 0 Å². The molecule has 0 aliphatic rings. The number of nitrogens with zero attached hydrogens (tertiary/aromatic N) is 2. The molecule has 5 nitrogen and oxygen atoms in total. The van der Waals surface area contributed by atoms with Crippen molar-refractivity contribution in [2.24, 2.45) is 0 Å². The number of carbonyl (C=O) groups excluding carboxylic acids is 1. The Kier molecular flexibility index (Phi) is 5.05. The largest absolute Gasteiger partial charge is 0.351 e. The van der Waals surface area contributed by atoms with Crippen molar-refractivity contribution < 1.29 is 4.79 Å². The van der Waals surface area contributed by atoms with Crippen molar-refractivity contribution in [1.29, 1.82) is 0 Å². The number of carbonyl (C=O) groups is 1. The summed E-state index contributed by atoms with van der Waals surface area (Å²) in [7, 11) is 0. The minimum atomic E-state index is -0.126. The molecular formula is C18H19N3O2S. The number of rotatable bonds is 6. The van der Waals surface area contributed by atoms with Crippen LogP contribution in [0.25, 0.3) is 10.8 Å². The average molecular weight is 341 g/mol. The van der Waals surface area contributed by atoms with E-state index in [2.05, 4.69) is 10.4 Å². The molecule has 0 radical (unpaired) electrons. The Morgan fingerprint density at radius 2 is 2.17 bits per heavy atom. The predicted molar refractivity (Wildman–Crippen MR) is 96.2 cm³/mol. The van der Waals surface area contributed by atoms with Gasteiger partial charge in [-0.1, -0.05) is 25.1 Å². The molecule has 0 unspecified atom stereocenters. The summed E-state index contributed by atoms with van der Waals surface area (Å²) in [4.78, 5) is 24.7. The summed E-state index contributed by atoms with van der Waals surface area (Å²) in [5, 5.41) is 12.6. The number of benzene rings is 1. The predicted octanol–water partition coefficient (Wildman–Crippen LogP) is 2.60. The van der Waals surface area contributed by atoms with Crippen LogP contribution in [-0.2, 0) is 17.8 Å². The quantitative estimate of drug-likeness (QED) is 0.749. The van der Waals surface area contributed by atoms with Gasteiger partial charge in [0.15, 0.2) is 0 Å². The first-order chi connectivity index (χ1) is 11.7. The molecule has 0 spiro atoms. The molecule has 0 bridgehead atoms. The van der Waals surface area contributed by atoms with Gasteiger partial charge in [-0.05, 0) is 34.9 Å². The second-order valence-corrected chi connectivity index (χ2v) is 6.48. The summed E-state index contributed by atoms with van der Waals surface area (Å²) in [5.41, 5.74) is 0.881. The molecule has 1 amide bonds. The van der Waals surface area contributed by atoms with Crippen LogP contribution < -0.4 is 10.9 Å². The van der Waals surface area contributed by atoms with Crippen molar-refractivity contribution in [2.75, 3.05) is 0 Å². The van der Waals surface area contributed by atoms with Gasteiger partial charge in [0.2, 0.25) is 5.91 Å². The van der Waals surface area contributed by atoms with E-state index in [1.54, 1.807) is 23.6 Å². The Labute approximate surface area is 143 Å². The third-order valence-corrected chi connectivity index (χ3v) is 4.69. The Hall–Kier alpha value is -2.47. The fraction of sp³-hybridized carbons (Fsp3) is 0.278. The van der Waals surface area contributed by atoms with Crippen molar-refractivity contribution >= 4 is 28.0 Å². The number of thiophene rings is 1. The smallest absolute Gasteiger partial charge is 0.274 e. The minimum absolute atomic E-state index is 0.0333. The van der Waals surface area contributed by atoms with Gasteiger partial charge in [-0.2, -0.15) is 16.4 Å². The number of hydrogen-bond donors (Lipinski definition) is 1. The molecule has 2 heterocycles. The maximum Gasteiger partial charge on any atom is 0.274 e. The lowest BCUT2D eigenvalue weighted by atomic mass is 10.1. The Morgan fingerprint density at radius 3 is 2.92 bits per heavy atom. The number of amides is 1. The topological polar surface area (TPSA) is 64.0 Å². The van der Waals surface area contributed by atoms with E-state index in [4.69, 9.17) is 0 Å². The van der Waals surface area contributed by atoms with E-state index < -0.39 is 0 Å². The SMILES string of the molecule is CC[C@@H](Cn1ncc2ccccc2c1=O)NC(=O)Cc1ccsc1. The summed E-state index contributed by atoms with van der Waals surface area (Å²) in [6, 6.07) is 9.21. The number of nitrogens with one attached hydrogen (secondary N) is 1. The highest BCUT2D eigenvalue weighted by Gasteiger charge is 2.14. The highest BCUT2D eigenvalue weighted by molar-refractivity contribution is 7.08. The molecule has 0 fully saturated rings. The summed E-state index contributed by atoms with van der Waals surface area (Å²) >= 11 is 1.58. The summed E-state index contributed by atoms with van der Waals surface area (Å²) < 4.78 is 1.43. The second kappa shape index (κ2) is 7.40. The normalized spacial score (nSPS) is 12.2. The van der Waals surface area contributed by atoms with Gasteiger partial charge < -0.3 is 5.32 Å².